The zero-order valence-electron chi connectivity index (χ0n) is 13.0. The Morgan fingerprint density at radius 3 is 2.91 bits per heavy atom. The van der Waals surface area contributed by atoms with Gasteiger partial charge >= 0.3 is 12.0 Å². The second-order valence-electron chi connectivity index (χ2n) is 4.96. The van der Waals surface area contributed by atoms with E-state index in [1.165, 1.54) is 0 Å². The van der Waals surface area contributed by atoms with Gasteiger partial charge in [-0.25, -0.2) is 9.59 Å². The van der Waals surface area contributed by atoms with Crippen molar-refractivity contribution in [1.82, 2.24) is 10.6 Å². The van der Waals surface area contributed by atoms with Crippen LogP contribution < -0.4 is 10.6 Å². The number of amides is 2. The molecule has 0 saturated carbocycles. The number of rotatable bonds is 6. The van der Waals surface area contributed by atoms with Crippen LogP contribution in [0.3, 0.4) is 0 Å². The Balaban J connectivity index is 2.22. The summed E-state index contributed by atoms with van der Waals surface area (Å²) in [6.07, 6.45) is 0. The summed E-state index contributed by atoms with van der Waals surface area (Å²) in [7, 11) is 0. The number of carbonyl (C=O) groups is 2. The molecule has 2 amide bonds. The van der Waals surface area contributed by atoms with Gasteiger partial charge < -0.3 is 15.4 Å². The molecule has 0 fully saturated rings. The van der Waals surface area contributed by atoms with E-state index in [9.17, 15) is 9.59 Å². The maximum Gasteiger partial charge on any atom is 0.338 e. The van der Waals surface area contributed by atoms with E-state index in [2.05, 4.69) is 33.5 Å². The molecule has 23 heavy (non-hydrogen) atoms. The van der Waals surface area contributed by atoms with E-state index >= 15 is 0 Å². The number of hydrogen-bond donors (Lipinski definition) is 2. The average Bonchev–Trinajstić information content (AvgIpc) is 2.50. The molecule has 0 bridgehead atoms. The number of nitrogens with one attached hydrogen (secondary N) is 2. The number of carbonyl (C=O) groups excluding carboxylic acids is 2. The average molecular weight is 399 g/mol. The van der Waals surface area contributed by atoms with Gasteiger partial charge in [-0.05, 0) is 30.4 Å². The van der Waals surface area contributed by atoms with E-state index in [0.29, 0.717) is 17.9 Å². The molecule has 7 heteroatoms. The fraction of sp³-hybridized carbons (Fsp3) is 0.375. The lowest BCUT2D eigenvalue weighted by atomic mass is 9.96. The molecular formula is C16H19BrN2O3S. The minimum absolute atomic E-state index is 0.328. The summed E-state index contributed by atoms with van der Waals surface area (Å²) < 4.78 is 6.23. The number of urea groups is 1. The molecule has 0 saturated heterocycles. The van der Waals surface area contributed by atoms with Crippen LogP contribution in [0.2, 0.25) is 0 Å². The van der Waals surface area contributed by atoms with Gasteiger partial charge in [-0.3, -0.25) is 0 Å². The van der Waals surface area contributed by atoms with E-state index in [1.54, 1.807) is 18.7 Å². The van der Waals surface area contributed by atoms with Gasteiger partial charge in [0.1, 0.15) is 6.61 Å². The monoisotopic (exact) mass is 398 g/mol. The minimum atomic E-state index is -0.521. The topological polar surface area (TPSA) is 67.4 Å². The van der Waals surface area contributed by atoms with Crippen molar-refractivity contribution in [2.45, 2.75) is 19.9 Å². The van der Waals surface area contributed by atoms with Crippen LogP contribution in [-0.2, 0) is 9.53 Å². The smallest absolute Gasteiger partial charge is 0.338 e. The Morgan fingerprint density at radius 1 is 1.43 bits per heavy atom. The first-order valence-electron chi connectivity index (χ1n) is 7.31. The summed E-state index contributed by atoms with van der Waals surface area (Å²) in [5.41, 5.74) is 1.78. The molecular weight excluding hydrogens is 380 g/mol. The summed E-state index contributed by atoms with van der Waals surface area (Å²) >= 11 is 5.12. The molecule has 124 valence electrons. The van der Waals surface area contributed by atoms with Crippen LogP contribution in [0.4, 0.5) is 4.79 Å². The SMILES string of the molecule is CCSCCOC(=O)C1=C(C)NC(=O)N[C@@H]1c1cccc(Br)c1. The van der Waals surface area contributed by atoms with Gasteiger partial charge in [0.15, 0.2) is 0 Å². The summed E-state index contributed by atoms with van der Waals surface area (Å²) in [5, 5.41) is 5.43. The highest BCUT2D eigenvalue weighted by molar-refractivity contribution is 9.10. The van der Waals surface area contributed by atoms with Crippen LogP contribution in [0.25, 0.3) is 0 Å². The van der Waals surface area contributed by atoms with E-state index in [0.717, 1.165) is 21.5 Å². The number of thioether (sulfide) groups is 1. The fourth-order valence-corrected chi connectivity index (χ4v) is 3.22. The van der Waals surface area contributed by atoms with Gasteiger partial charge in [0.25, 0.3) is 0 Å². The molecule has 0 spiro atoms. The predicted octanol–water partition coefficient (Wildman–Crippen LogP) is 3.37. The standard InChI is InChI=1S/C16H19BrN2O3S/c1-3-23-8-7-22-15(20)13-10(2)18-16(21)19-14(13)11-5-4-6-12(17)9-11/h4-6,9,14H,3,7-8H2,1-2H3,(H2,18,19,21)/t14-/m1/s1. The van der Waals surface area contributed by atoms with Crippen LogP contribution >= 0.6 is 27.7 Å². The second kappa shape index (κ2) is 8.40. The van der Waals surface area contributed by atoms with Crippen molar-refractivity contribution in [3.8, 4) is 0 Å². The Kier molecular flexibility index (Phi) is 6.53. The number of benzene rings is 1. The van der Waals surface area contributed by atoms with Crippen molar-refractivity contribution in [3.05, 3.63) is 45.6 Å². The lowest BCUT2D eigenvalue weighted by molar-refractivity contribution is -0.138. The highest BCUT2D eigenvalue weighted by Crippen LogP contribution is 2.29. The van der Waals surface area contributed by atoms with Crippen molar-refractivity contribution in [1.29, 1.82) is 0 Å². The van der Waals surface area contributed by atoms with Crippen molar-refractivity contribution in [2.24, 2.45) is 0 Å². The van der Waals surface area contributed by atoms with E-state index in [1.807, 2.05) is 24.3 Å². The van der Waals surface area contributed by atoms with Crippen molar-refractivity contribution < 1.29 is 14.3 Å². The molecule has 0 unspecified atom stereocenters. The number of halogens is 1. The molecule has 1 aromatic carbocycles. The van der Waals surface area contributed by atoms with Crippen LogP contribution in [0, 0.1) is 0 Å². The third-order valence-corrected chi connectivity index (χ3v) is 4.69. The third-order valence-electron chi connectivity index (χ3n) is 3.34. The number of esters is 1. The highest BCUT2D eigenvalue weighted by Gasteiger charge is 2.32. The maximum absolute atomic E-state index is 12.5. The molecule has 0 radical (unpaired) electrons. The fourth-order valence-electron chi connectivity index (χ4n) is 2.32. The summed E-state index contributed by atoms with van der Waals surface area (Å²) in [6, 6.07) is 6.66. The van der Waals surface area contributed by atoms with Gasteiger partial charge in [0.2, 0.25) is 0 Å². The molecule has 2 N–H and O–H groups in total. The molecule has 0 aliphatic carbocycles. The van der Waals surface area contributed by atoms with Gasteiger partial charge in [-0.15, -0.1) is 0 Å². The highest BCUT2D eigenvalue weighted by atomic mass is 79.9. The second-order valence-corrected chi connectivity index (χ2v) is 7.27. The third kappa shape index (κ3) is 4.75. The zero-order valence-corrected chi connectivity index (χ0v) is 15.4. The van der Waals surface area contributed by atoms with Crippen LogP contribution in [0.5, 0.6) is 0 Å². The lowest BCUT2D eigenvalue weighted by Gasteiger charge is -2.28. The summed E-state index contributed by atoms with van der Waals surface area (Å²) in [4.78, 5) is 24.2. The largest absolute Gasteiger partial charge is 0.461 e. The Bertz CT molecular complexity index is 634. The normalized spacial score (nSPS) is 17.5. The van der Waals surface area contributed by atoms with Crippen molar-refractivity contribution >= 4 is 39.7 Å². The molecule has 1 atom stereocenters. The summed E-state index contributed by atoms with van der Waals surface area (Å²) in [5.74, 6) is 1.34. The number of ether oxygens (including phenoxy) is 1. The lowest BCUT2D eigenvalue weighted by Crippen LogP contribution is -2.45. The quantitative estimate of drug-likeness (QED) is 0.569. The molecule has 0 aromatic heterocycles. The summed E-state index contributed by atoms with van der Waals surface area (Å²) in [6.45, 7) is 4.12. The van der Waals surface area contributed by atoms with Crippen LogP contribution in [0.1, 0.15) is 25.5 Å². The van der Waals surface area contributed by atoms with E-state index < -0.39 is 12.0 Å². The van der Waals surface area contributed by atoms with Gasteiger partial charge in [-0.1, -0.05) is 35.0 Å². The predicted molar refractivity (Wildman–Crippen MR) is 95.2 cm³/mol. The van der Waals surface area contributed by atoms with Crippen molar-refractivity contribution in [2.75, 3.05) is 18.1 Å². The van der Waals surface area contributed by atoms with Gasteiger partial charge in [0, 0.05) is 15.9 Å². The first-order valence-corrected chi connectivity index (χ1v) is 9.26. The molecule has 1 aromatic rings. The van der Waals surface area contributed by atoms with E-state index in [4.69, 9.17) is 4.74 Å². The van der Waals surface area contributed by atoms with Crippen molar-refractivity contribution in [3.63, 3.8) is 0 Å². The van der Waals surface area contributed by atoms with Crippen LogP contribution in [-0.4, -0.2) is 30.1 Å². The first kappa shape index (κ1) is 17.9. The first-order chi connectivity index (χ1) is 11.0. The van der Waals surface area contributed by atoms with E-state index in [-0.39, 0.29) is 6.03 Å². The number of hydrogen-bond acceptors (Lipinski definition) is 4. The molecule has 1 aliphatic heterocycles. The van der Waals surface area contributed by atoms with Crippen LogP contribution in [0.15, 0.2) is 40.0 Å². The van der Waals surface area contributed by atoms with Gasteiger partial charge in [-0.2, -0.15) is 11.8 Å². The number of allylic oxidation sites excluding steroid dienone is 1. The molecule has 1 heterocycles. The maximum atomic E-state index is 12.5. The Hall–Kier alpha value is -1.47. The molecule has 1 aliphatic rings. The van der Waals surface area contributed by atoms with Gasteiger partial charge in [0.05, 0.1) is 11.6 Å². The Morgan fingerprint density at radius 2 is 2.22 bits per heavy atom. The molecule has 2 rings (SSSR count). The minimum Gasteiger partial charge on any atom is -0.461 e. The Labute approximate surface area is 148 Å². The zero-order chi connectivity index (χ0) is 16.8. The molecule has 5 nitrogen and oxygen atoms in total.